The summed E-state index contributed by atoms with van der Waals surface area (Å²) in [5.41, 5.74) is 4.25. The second-order valence-corrected chi connectivity index (χ2v) is 4.86. The van der Waals surface area contributed by atoms with Gasteiger partial charge in [0.2, 0.25) is 0 Å². The average Bonchev–Trinajstić information content (AvgIpc) is 2.36. The molecule has 0 aliphatic heterocycles. The number of halogens is 4. The average molecular weight is 369 g/mol. The first-order valence-corrected chi connectivity index (χ1v) is 6.55. The standard InChI is InChI=1S/C12H12BrF3N2O3/c1-2-21-11(20)9(17)10(19)18-8-4-6(12(14,15)16)3-7(13)5-8/h3-5,9H,2,17H2,1H3,(H,18,19). The summed E-state index contributed by atoms with van der Waals surface area (Å²) in [6.07, 6.45) is -4.56. The number of carbonyl (C=O) groups is 2. The third kappa shape index (κ3) is 5.01. The Morgan fingerprint density at radius 3 is 2.52 bits per heavy atom. The summed E-state index contributed by atoms with van der Waals surface area (Å²) in [6.45, 7) is 1.57. The Balaban J connectivity index is 2.90. The lowest BCUT2D eigenvalue weighted by Crippen LogP contribution is -2.43. The normalized spacial score (nSPS) is 12.7. The Bertz CT molecular complexity index is 549. The Labute approximate surface area is 126 Å². The molecule has 1 atom stereocenters. The van der Waals surface area contributed by atoms with Crippen LogP contribution in [0, 0.1) is 0 Å². The zero-order valence-electron chi connectivity index (χ0n) is 10.8. The van der Waals surface area contributed by atoms with Crippen LogP contribution in [-0.4, -0.2) is 24.5 Å². The first kappa shape index (κ1) is 17.4. The van der Waals surface area contributed by atoms with E-state index in [9.17, 15) is 22.8 Å². The molecule has 1 amide bonds. The molecule has 0 bridgehead atoms. The highest BCUT2D eigenvalue weighted by atomic mass is 79.9. The van der Waals surface area contributed by atoms with E-state index in [0.717, 1.165) is 12.1 Å². The molecule has 5 nitrogen and oxygen atoms in total. The molecule has 3 N–H and O–H groups in total. The van der Waals surface area contributed by atoms with Crippen LogP contribution >= 0.6 is 15.9 Å². The van der Waals surface area contributed by atoms with Crippen molar-refractivity contribution in [3.8, 4) is 0 Å². The van der Waals surface area contributed by atoms with E-state index in [2.05, 4.69) is 26.0 Å². The van der Waals surface area contributed by atoms with Crippen LogP contribution in [0.15, 0.2) is 22.7 Å². The molecule has 0 spiro atoms. The summed E-state index contributed by atoms with van der Waals surface area (Å²) >= 11 is 2.91. The van der Waals surface area contributed by atoms with Gasteiger partial charge in [0, 0.05) is 10.2 Å². The van der Waals surface area contributed by atoms with Gasteiger partial charge in [-0.25, -0.2) is 4.79 Å². The Kier molecular flexibility index (Phi) is 5.73. The van der Waals surface area contributed by atoms with Gasteiger partial charge in [-0.1, -0.05) is 15.9 Å². The monoisotopic (exact) mass is 368 g/mol. The molecule has 0 aliphatic carbocycles. The van der Waals surface area contributed by atoms with Crippen LogP contribution in [0.3, 0.4) is 0 Å². The van der Waals surface area contributed by atoms with Crippen molar-refractivity contribution in [3.63, 3.8) is 0 Å². The van der Waals surface area contributed by atoms with Gasteiger partial charge in [-0.2, -0.15) is 13.2 Å². The van der Waals surface area contributed by atoms with Crippen LogP contribution in [0.25, 0.3) is 0 Å². The van der Waals surface area contributed by atoms with Crippen molar-refractivity contribution in [2.75, 3.05) is 11.9 Å². The number of carbonyl (C=O) groups excluding carboxylic acids is 2. The summed E-state index contributed by atoms with van der Waals surface area (Å²) in [7, 11) is 0. The second kappa shape index (κ2) is 6.90. The third-order valence-corrected chi connectivity index (χ3v) is 2.77. The molecule has 0 aromatic heterocycles. The van der Waals surface area contributed by atoms with Gasteiger partial charge in [0.1, 0.15) is 0 Å². The van der Waals surface area contributed by atoms with Gasteiger partial charge in [-0.05, 0) is 25.1 Å². The van der Waals surface area contributed by atoms with Crippen LogP contribution in [0.4, 0.5) is 18.9 Å². The molecule has 1 unspecified atom stereocenters. The van der Waals surface area contributed by atoms with Crippen molar-refractivity contribution in [1.29, 1.82) is 0 Å². The largest absolute Gasteiger partial charge is 0.464 e. The number of alkyl halides is 3. The third-order valence-electron chi connectivity index (χ3n) is 2.32. The van der Waals surface area contributed by atoms with Crippen LogP contribution < -0.4 is 11.1 Å². The van der Waals surface area contributed by atoms with E-state index < -0.39 is 29.7 Å². The van der Waals surface area contributed by atoms with E-state index in [4.69, 9.17) is 5.73 Å². The predicted molar refractivity (Wildman–Crippen MR) is 72.4 cm³/mol. The molecule has 21 heavy (non-hydrogen) atoms. The van der Waals surface area contributed by atoms with Crippen LogP contribution in [-0.2, 0) is 20.5 Å². The number of benzene rings is 1. The lowest BCUT2D eigenvalue weighted by molar-refractivity contribution is -0.147. The number of esters is 1. The number of ether oxygens (including phenoxy) is 1. The molecule has 0 saturated heterocycles. The SMILES string of the molecule is CCOC(=O)C(N)C(=O)Nc1cc(Br)cc(C(F)(F)F)c1. The van der Waals surface area contributed by atoms with Crippen molar-refractivity contribution in [2.24, 2.45) is 5.73 Å². The summed E-state index contributed by atoms with van der Waals surface area (Å²) in [4.78, 5) is 22.9. The van der Waals surface area contributed by atoms with Gasteiger partial charge in [0.15, 0.2) is 6.04 Å². The number of hydrogen-bond donors (Lipinski definition) is 2. The summed E-state index contributed by atoms with van der Waals surface area (Å²) in [6, 6.07) is 1.24. The van der Waals surface area contributed by atoms with Crippen LogP contribution in [0.5, 0.6) is 0 Å². The maximum absolute atomic E-state index is 12.6. The van der Waals surface area contributed by atoms with Gasteiger partial charge in [0.05, 0.1) is 12.2 Å². The van der Waals surface area contributed by atoms with Crippen LogP contribution in [0.2, 0.25) is 0 Å². The summed E-state index contributed by atoms with van der Waals surface area (Å²) in [5, 5.41) is 2.14. The van der Waals surface area contributed by atoms with E-state index in [1.165, 1.54) is 13.0 Å². The summed E-state index contributed by atoms with van der Waals surface area (Å²) < 4.78 is 42.6. The highest BCUT2D eigenvalue weighted by molar-refractivity contribution is 9.10. The number of nitrogens with two attached hydrogens (primary N) is 1. The van der Waals surface area contributed by atoms with E-state index in [1.807, 2.05) is 0 Å². The van der Waals surface area contributed by atoms with Gasteiger partial charge in [-0.15, -0.1) is 0 Å². The zero-order valence-corrected chi connectivity index (χ0v) is 12.4. The lowest BCUT2D eigenvalue weighted by atomic mass is 10.2. The number of anilines is 1. The molecule has 1 aromatic rings. The molecule has 1 rings (SSSR count). The topological polar surface area (TPSA) is 81.4 Å². The fourth-order valence-electron chi connectivity index (χ4n) is 1.38. The fraction of sp³-hybridized carbons (Fsp3) is 0.333. The van der Waals surface area contributed by atoms with Gasteiger partial charge in [-0.3, -0.25) is 4.79 Å². The lowest BCUT2D eigenvalue weighted by Gasteiger charge is -2.13. The molecule has 0 radical (unpaired) electrons. The van der Waals surface area contributed by atoms with E-state index in [0.29, 0.717) is 0 Å². The van der Waals surface area contributed by atoms with Crippen molar-refractivity contribution < 1.29 is 27.5 Å². The minimum atomic E-state index is -4.56. The van der Waals surface area contributed by atoms with E-state index in [-0.39, 0.29) is 16.8 Å². The highest BCUT2D eigenvalue weighted by Gasteiger charge is 2.31. The van der Waals surface area contributed by atoms with Gasteiger partial charge < -0.3 is 15.8 Å². The Morgan fingerprint density at radius 1 is 1.38 bits per heavy atom. The number of nitrogens with one attached hydrogen (secondary N) is 1. The molecule has 9 heteroatoms. The molecular formula is C12H12BrF3N2O3. The minimum Gasteiger partial charge on any atom is -0.464 e. The van der Waals surface area contributed by atoms with Gasteiger partial charge in [0.25, 0.3) is 5.91 Å². The van der Waals surface area contributed by atoms with Crippen molar-refractivity contribution in [1.82, 2.24) is 0 Å². The number of hydrogen-bond acceptors (Lipinski definition) is 4. The maximum Gasteiger partial charge on any atom is 0.416 e. The Hall–Kier alpha value is -1.61. The highest BCUT2D eigenvalue weighted by Crippen LogP contribution is 2.33. The molecule has 1 aromatic carbocycles. The second-order valence-electron chi connectivity index (χ2n) is 3.95. The summed E-state index contributed by atoms with van der Waals surface area (Å²) in [5.74, 6) is -1.92. The van der Waals surface area contributed by atoms with E-state index >= 15 is 0 Å². The number of amides is 1. The predicted octanol–water partition coefficient (Wildman–Crippen LogP) is 2.30. The molecule has 0 fully saturated rings. The fourth-order valence-corrected chi connectivity index (χ4v) is 1.88. The molecular weight excluding hydrogens is 357 g/mol. The van der Waals surface area contributed by atoms with Crippen molar-refractivity contribution >= 4 is 33.5 Å². The maximum atomic E-state index is 12.6. The van der Waals surface area contributed by atoms with Crippen molar-refractivity contribution in [3.05, 3.63) is 28.2 Å². The molecule has 0 heterocycles. The first-order valence-electron chi connectivity index (χ1n) is 5.76. The molecule has 116 valence electrons. The Morgan fingerprint density at radius 2 is 2.00 bits per heavy atom. The molecule has 0 aliphatic rings. The zero-order chi connectivity index (χ0) is 16.2. The van der Waals surface area contributed by atoms with Gasteiger partial charge >= 0.3 is 12.1 Å². The first-order chi connectivity index (χ1) is 9.65. The van der Waals surface area contributed by atoms with Crippen molar-refractivity contribution in [2.45, 2.75) is 19.1 Å². The quantitative estimate of drug-likeness (QED) is 0.631. The smallest absolute Gasteiger partial charge is 0.416 e. The van der Waals surface area contributed by atoms with Crippen LogP contribution in [0.1, 0.15) is 12.5 Å². The molecule has 0 saturated carbocycles. The van der Waals surface area contributed by atoms with E-state index in [1.54, 1.807) is 0 Å². The number of rotatable bonds is 4. The minimum absolute atomic E-state index is 0.0366.